The van der Waals surface area contributed by atoms with E-state index in [1.807, 2.05) is 0 Å². The number of hydrogen-bond acceptors (Lipinski definition) is 4. The molecule has 0 saturated carbocycles. The average molecular weight is 186 g/mol. The fourth-order valence-electron chi connectivity index (χ4n) is 1.54. The summed E-state index contributed by atoms with van der Waals surface area (Å²) < 4.78 is 4.43. The van der Waals surface area contributed by atoms with Gasteiger partial charge in [-0.1, -0.05) is 6.08 Å². The maximum absolute atomic E-state index is 11.1. The van der Waals surface area contributed by atoms with Crippen LogP contribution in [0.15, 0.2) is 12.2 Å². The van der Waals surface area contributed by atoms with Gasteiger partial charge in [-0.25, -0.2) is 4.79 Å². The molecule has 1 rings (SSSR count). The first-order valence-electron chi connectivity index (χ1n) is 4.10. The molecule has 4 heteroatoms. The van der Waals surface area contributed by atoms with Gasteiger partial charge in [0.05, 0.1) is 12.7 Å². The number of aliphatic hydroxyl groups is 2. The molecule has 2 atom stereocenters. The largest absolute Gasteiger partial charge is 0.467 e. The minimum Gasteiger partial charge on any atom is -0.467 e. The quantitative estimate of drug-likeness (QED) is 0.446. The summed E-state index contributed by atoms with van der Waals surface area (Å²) in [5.74, 6) is -0.733. The van der Waals surface area contributed by atoms with Crippen molar-refractivity contribution in [2.75, 3.05) is 7.11 Å². The summed E-state index contributed by atoms with van der Waals surface area (Å²) in [6, 6.07) is 0. The van der Waals surface area contributed by atoms with Crippen molar-refractivity contribution in [1.82, 2.24) is 0 Å². The molecule has 0 heterocycles. The lowest BCUT2D eigenvalue weighted by molar-refractivity contribution is -0.163. The fraction of sp³-hybridized carbons (Fsp3) is 0.667. The van der Waals surface area contributed by atoms with E-state index in [-0.39, 0.29) is 6.42 Å². The number of carbonyl (C=O) groups is 1. The second kappa shape index (κ2) is 3.12. The normalized spacial score (nSPS) is 38.8. The molecule has 13 heavy (non-hydrogen) atoms. The number of methoxy groups -OCH3 is 1. The maximum Gasteiger partial charge on any atom is 0.342 e. The Balaban J connectivity index is 2.87. The van der Waals surface area contributed by atoms with Crippen LogP contribution in [0.25, 0.3) is 0 Å². The predicted molar refractivity (Wildman–Crippen MR) is 46.0 cm³/mol. The van der Waals surface area contributed by atoms with Gasteiger partial charge >= 0.3 is 5.97 Å². The number of ether oxygens (including phenoxy) is 1. The Labute approximate surface area is 76.8 Å². The van der Waals surface area contributed by atoms with E-state index in [1.165, 1.54) is 13.2 Å². The average Bonchev–Trinajstić information content (AvgIpc) is 2.00. The Morgan fingerprint density at radius 2 is 2.15 bits per heavy atom. The summed E-state index contributed by atoms with van der Waals surface area (Å²) in [6.45, 7) is 1.57. The summed E-state index contributed by atoms with van der Waals surface area (Å²) >= 11 is 0. The molecule has 2 unspecified atom stereocenters. The van der Waals surface area contributed by atoms with E-state index in [2.05, 4.69) is 4.74 Å². The molecule has 0 amide bonds. The smallest absolute Gasteiger partial charge is 0.342 e. The summed E-state index contributed by atoms with van der Waals surface area (Å²) in [5, 5.41) is 19.4. The fourth-order valence-corrected chi connectivity index (χ4v) is 1.54. The van der Waals surface area contributed by atoms with Crippen molar-refractivity contribution in [1.29, 1.82) is 0 Å². The van der Waals surface area contributed by atoms with Crippen LogP contribution in [0.5, 0.6) is 0 Å². The number of hydrogen-bond donors (Lipinski definition) is 2. The third-order valence-electron chi connectivity index (χ3n) is 2.14. The van der Waals surface area contributed by atoms with Crippen molar-refractivity contribution >= 4 is 5.97 Å². The van der Waals surface area contributed by atoms with Crippen LogP contribution in [0, 0.1) is 0 Å². The second-order valence-corrected chi connectivity index (χ2v) is 3.70. The summed E-state index contributed by atoms with van der Waals surface area (Å²) in [4.78, 5) is 11.1. The van der Waals surface area contributed by atoms with Gasteiger partial charge in [0, 0.05) is 6.42 Å². The van der Waals surface area contributed by atoms with Gasteiger partial charge < -0.3 is 14.9 Å². The molecule has 0 aromatic carbocycles. The molecule has 2 N–H and O–H groups in total. The zero-order chi connectivity index (χ0) is 10.1. The highest BCUT2D eigenvalue weighted by Gasteiger charge is 2.43. The van der Waals surface area contributed by atoms with E-state index >= 15 is 0 Å². The van der Waals surface area contributed by atoms with Crippen LogP contribution in [-0.4, -0.2) is 34.5 Å². The van der Waals surface area contributed by atoms with E-state index in [0.29, 0.717) is 6.42 Å². The lowest BCUT2D eigenvalue weighted by Crippen LogP contribution is -2.47. The minimum absolute atomic E-state index is 0.0246. The molecule has 0 saturated heterocycles. The van der Waals surface area contributed by atoms with Gasteiger partial charge in [0.1, 0.15) is 0 Å². The van der Waals surface area contributed by atoms with Gasteiger partial charge in [-0.2, -0.15) is 0 Å². The summed E-state index contributed by atoms with van der Waals surface area (Å²) in [5.41, 5.74) is -2.71. The first-order chi connectivity index (χ1) is 5.90. The van der Waals surface area contributed by atoms with E-state index in [9.17, 15) is 15.0 Å². The molecule has 74 valence electrons. The predicted octanol–water partition coefficient (Wildman–Crippen LogP) is -0.00850. The molecule has 0 aromatic rings. The summed E-state index contributed by atoms with van der Waals surface area (Å²) in [7, 11) is 1.21. The Bertz CT molecular complexity index is 244. The van der Waals surface area contributed by atoms with Gasteiger partial charge in [0.2, 0.25) is 0 Å². The zero-order valence-corrected chi connectivity index (χ0v) is 7.78. The van der Waals surface area contributed by atoms with Crippen molar-refractivity contribution in [3.63, 3.8) is 0 Å². The van der Waals surface area contributed by atoms with Crippen LogP contribution in [0.3, 0.4) is 0 Å². The molecule has 1 aliphatic carbocycles. The van der Waals surface area contributed by atoms with Crippen molar-refractivity contribution in [3.05, 3.63) is 12.2 Å². The first kappa shape index (κ1) is 10.2. The third-order valence-corrected chi connectivity index (χ3v) is 2.14. The van der Waals surface area contributed by atoms with Crippen molar-refractivity contribution in [2.24, 2.45) is 0 Å². The van der Waals surface area contributed by atoms with Crippen LogP contribution in [0.4, 0.5) is 0 Å². The molecule has 0 bridgehead atoms. The van der Waals surface area contributed by atoms with Gasteiger partial charge in [-0.05, 0) is 19.4 Å². The standard InChI is InChI=1S/C9H14O4/c1-8(11)4-3-5-9(12,6-8)7(10)13-2/h3,5,11-12H,4,6H2,1-2H3. The number of carbonyl (C=O) groups excluding carboxylic acids is 1. The zero-order valence-electron chi connectivity index (χ0n) is 7.78. The van der Waals surface area contributed by atoms with Crippen molar-refractivity contribution < 1.29 is 19.7 Å². The number of esters is 1. The Kier molecular flexibility index (Phi) is 2.45. The molecule has 0 aliphatic heterocycles. The SMILES string of the molecule is COC(=O)C1(O)C=CCC(C)(O)C1. The molecule has 0 radical (unpaired) electrons. The molecule has 0 aromatic heterocycles. The van der Waals surface area contributed by atoms with E-state index in [0.717, 1.165) is 0 Å². The third kappa shape index (κ3) is 2.08. The topological polar surface area (TPSA) is 66.8 Å². The molecule has 0 fully saturated rings. The van der Waals surface area contributed by atoms with Crippen LogP contribution < -0.4 is 0 Å². The minimum atomic E-state index is -1.67. The van der Waals surface area contributed by atoms with Crippen LogP contribution in [0.1, 0.15) is 19.8 Å². The van der Waals surface area contributed by atoms with Crippen LogP contribution >= 0.6 is 0 Å². The van der Waals surface area contributed by atoms with Gasteiger partial charge in [-0.3, -0.25) is 0 Å². The summed E-state index contributed by atoms with van der Waals surface area (Å²) in [6.07, 6.45) is 3.37. The Morgan fingerprint density at radius 1 is 1.54 bits per heavy atom. The highest BCUT2D eigenvalue weighted by molar-refractivity contribution is 5.82. The second-order valence-electron chi connectivity index (χ2n) is 3.70. The van der Waals surface area contributed by atoms with Gasteiger partial charge in [0.25, 0.3) is 0 Å². The van der Waals surface area contributed by atoms with Crippen LogP contribution in [0.2, 0.25) is 0 Å². The van der Waals surface area contributed by atoms with E-state index < -0.39 is 17.2 Å². The van der Waals surface area contributed by atoms with Gasteiger partial charge in [-0.15, -0.1) is 0 Å². The highest BCUT2D eigenvalue weighted by Crippen LogP contribution is 2.30. The lowest BCUT2D eigenvalue weighted by Gasteiger charge is -2.34. The Morgan fingerprint density at radius 3 is 2.62 bits per heavy atom. The molecular formula is C9H14O4. The molecule has 0 spiro atoms. The van der Waals surface area contributed by atoms with Gasteiger partial charge in [0.15, 0.2) is 5.60 Å². The van der Waals surface area contributed by atoms with Crippen molar-refractivity contribution in [3.8, 4) is 0 Å². The maximum atomic E-state index is 11.1. The molecule has 4 nitrogen and oxygen atoms in total. The van der Waals surface area contributed by atoms with Crippen molar-refractivity contribution in [2.45, 2.75) is 31.0 Å². The Hall–Kier alpha value is -0.870. The number of rotatable bonds is 1. The van der Waals surface area contributed by atoms with E-state index in [4.69, 9.17) is 0 Å². The first-order valence-corrected chi connectivity index (χ1v) is 4.10. The van der Waals surface area contributed by atoms with E-state index in [1.54, 1.807) is 13.0 Å². The van der Waals surface area contributed by atoms with Crippen LogP contribution in [-0.2, 0) is 9.53 Å². The molecule has 1 aliphatic rings. The monoisotopic (exact) mass is 186 g/mol. The lowest BCUT2D eigenvalue weighted by atomic mass is 9.81. The highest BCUT2D eigenvalue weighted by atomic mass is 16.5. The molecular weight excluding hydrogens is 172 g/mol.